The van der Waals surface area contributed by atoms with Crippen molar-refractivity contribution >= 4 is 5.91 Å². The average molecular weight is 354 g/mol. The maximum Gasteiger partial charge on any atom is 0.274 e. The van der Waals surface area contributed by atoms with E-state index in [2.05, 4.69) is 29.1 Å². The van der Waals surface area contributed by atoms with Gasteiger partial charge in [0.25, 0.3) is 11.5 Å². The number of aryl methyl sites for hydroxylation is 1. The predicted octanol–water partition coefficient (Wildman–Crippen LogP) is 2.00. The largest absolute Gasteiger partial charge is 0.335 e. The summed E-state index contributed by atoms with van der Waals surface area (Å²) in [4.78, 5) is 28.8. The lowest BCUT2D eigenvalue weighted by Crippen LogP contribution is -2.48. The number of hydrogen-bond donors (Lipinski definition) is 0. The molecule has 0 unspecified atom stereocenters. The Bertz CT molecular complexity index is 780. The van der Waals surface area contributed by atoms with Gasteiger partial charge in [0.15, 0.2) is 0 Å². The first-order valence-electron chi connectivity index (χ1n) is 9.31. The van der Waals surface area contributed by atoms with Crippen LogP contribution in [0.25, 0.3) is 0 Å². The molecule has 0 spiro atoms. The van der Waals surface area contributed by atoms with Crippen LogP contribution in [0.1, 0.15) is 35.8 Å². The van der Waals surface area contributed by atoms with Crippen LogP contribution in [-0.4, -0.2) is 51.7 Å². The number of carbonyl (C=O) groups excluding carboxylic acids is 1. The van der Waals surface area contributed by atoms with Gasteiger partial charge in [-0.15, -0.1) is 0 Å². The smallest absolute Gasteiger partial charge is 0.274 e. The van der Waals surface area contributed by atoms with E-state index in [1.807, 2.05) is 23.1 Å². The lowest BCUT2D eigenvalue weighted by molar-refractivity contribution is 0.0620. The fraction of sp³-hybridized carbons (Fsp3) is 0.450. The van der Waals surface area contributed by atoms with Crippen LogP contribution in [0, 0.1) is 0 Å². The molecular formula is C20H26N4O2. The zero-order valence-electron chi connectivity index (χ0n) is 15.3. The molecule has 6 nitrogen and oxygen atoms in total. The van der Waals surface area contributed by atoms with Gasteiger partial charge >= 0.3 is 0 Å². The van der Waals surface area contributed by atoms with E-state index in [1.165, 1.54) is 16.3 Å². The molecule has 1 aromatic carbocycles. The molecule has 26 heavy (non-hydrogen) atoms. The third kappa shape index (κ3) is 4.58. The summed E-state index contributed by atoms with van der Waals surface area (Å²) in [6.45, 7) is 6.58. The highest BCUT2D eigenvalue weighted by atomic mass is 16.2. The van der Waals surface area contributed by atoms with Crippen LogP contribution in [0.5, 0.6) is 0 Å². The molecule has 6 heteroatoms. The zero-order valence-corrected chi connectivity index (χ0v) is 15.3. The summed E-state index contributed by atoms with van der Waals surface area (Å²) in [6, 6.07) is 13.4. The number of benzene rings is 1. The predicted molar refractivity (Wildman–Crippen MR) is 101 cm³/mol. The van der Waals surface area contributed by atoms with E-state index < -0.39 is 0 Å². The molecule has 1 amide bonds. The Labute approximate surface area is 154 Å². The maximum atomic E-state index is 12.7. The minimum absolute atomic E-state index is 0.0883. The number of aromatic nitrogens is 2. The fourth-order valence-electron chi connectivity index (χ4n) is 3.14. The van der Waals surface area contributed by atoms with Crippen molar-refractivity contribution in [2.75, 3.05) is 26.2 Å². The van der Waals surface area contributed by atoms with Crippen molar-refractivity contribution < 1.29 is 4.79 Å². The Morgan fingerprint density at radius 1 is 1.04 bits per heavy atom. The van der Waals surface area contributed by atoms with Gasteiger partial charge in [-0.05, 0) is 18.1 Å². The second-order valence-electron chi connectivity index (χ2n) is 6.69. The summed E-state index contributed by atoms with van der Waals surface area (Å²) in [7, 11) is 0. The summed E-state index contributed by atoms with van der Waals surface area (Å²) in [6.07, 6.45) is 1.86. The van der Waals surface area contributed by atoms with Gasteiger partial charge < -0.3 is 4.90 Å². The Hall–Kier alpha value is -2.47. The van der Waals surface area contributed by atoms with Gasteiger partial charge in [-0.1, -0.05) is 43.7 Å². The average Bonchev–Trinajstić information content (AvgIpc) is 2.68. The first-order valence-corrected chi connectivity index (χ1v) is 9.31. The molecule has 2 heterocycles. The highest BCUT2D eigenvalue weighted by Gasteiger charge is 2.23. The quantitative estimate of drug-likeness (QED) is 0.796. The van der Waals surface area contributed by atoms with Gasteiger partial charge in [0.05, 0.1) is 0 Å². The fourth-order valence-corrected chi connectivity index (χ4v) is 3.14. The van der Waals surface area contributed by atoms with Crippen molar-refractivity contribution in [1.29, 1.82) is 0 Å². The third-order valence-electron chi connectivity index (χ3n) is 4.72. The van der Waals surface area contributed by atoms with E-state index in [0.717, 1.165) is 32.5 Å². The van der Waals surface area contributed by atoms with E-state index in [9.17, 15) is 9.59 Å². The highest BCUT2D eigenvalue weighted by molar-refractivity contribution is 5.92. The molecule has 1 fully saturated rings. The number of rotatable bonds is 6. The number of unbranched alkanes of at least 4 members (excludes halogenated alkanes) is 1. The third-order valence-corrected chi connectivity index (χ3v) is 4.72. The van der Waals surface area contributed by atoms with Crippen LogP contribution in [0.15, 0.2) is 47.3 Å². The molecule has 1 aromatic heterocycles. The molecule has 0 radical (unpaired) electrons. The molecule has 1 saturated heterocycles. The number of piperazine rings is 1. The minimum Gasteiger partial charge on any atom is -0.335 e. The zero-order chi connectivity index (χ0) is 18.4. The van der Waals surface area contributed by atoms with E-state index in [-0.39, 0.29) is 11.5 Å². The van der Waals surface area contributed by atoms with Gasteiger partial charge in [0.1, 0.15) is 5.69 Å². The standard InChI is InChI=1S/C20H26N4O2/c1-2-3-11-24-19(25)10-9-18(21-24)20(26)23-14-12-22(13-15-23)16-17-7-5-4-6-8-17/h4-10H,2-3,11-16H2,1H3. The van der Waals surface area contributed by atoms with Crippen molar-refractivity contribution in [3.8, 4) is 0 Å². The van der Waals surface area contributed by atoms with Gasteiger partial charge in [-0.3, -0.25) is 14.5 Å². The topological polar surface area (TPSA) is 58.4 Å². The molecule has 1 aliphatic heterocycles. The molecule has 0 bridgehead atoms. The van der Waals surface area contributed by atoms with Gasteiger partial charge in [0.2, 0.25) is 0 Å². The molecule has 2 aromatic rings. The van der Waals surface area contributed by atoms with Crippen LogP contribution in [0.3, 0.4) is 0 Å². The summed E-state index contributed by atoms with van der Waals surface area (Å²) in [5.74, 6) is -0.0883. The maximum absolute atomic E-state index is 12.7. The van der Waals surface area contributed by atoms with E-state index in [0.29, 0.717) is 25.3 Å². The second-order valence-corrected chi connectivity index (χ2v) is 6.69. The van der Waals surface area contributed by atoms with Crippen molar-refractivity contribution in [3.05, 3.63) is 64.1 Å². The van der Waals surface area contributed by atoms with Crippen LogP contribution in [-0.2, 0) is 13.1 Å². The summed E-state index contributed by atoms with van der Waals surface area (Å²) in [5.41, 5.74) is 1.50. The van der Waals surface area contributed by atoms with Crippen LogP contribution >= 0.6 is 0 Å². The molecule has 0 saturated carbocycles. The molecule has 1 aliphatic rings. The first-order chi connectivity index (χ1) is 12.7. The molecule has 3 rings (SSSR count). The second kappa shape index (κ2) is 8.76. The number of amides is 1. The van der Waals surface area contributed by atoms with Crippen LogP contribution < -0.4 is 5.56 Å². The summed E-state index contributed by atoms with van der Waals surface area (Å²) in [5, 5.41) is 4.27. The van der Waals surface area contributed by atoms with Crippen LogP contribution in [0.2, 0.25) is 0 Å². The normalized spacial score (nSPS) is 15.2. The Morgan fingerprint density at radius 2 is 1.77 bits per heavy atom. The molecular weight excluding hydrogens is 328 g/mol. The van der Waals surface area contributed by atoms with Crippen molar-refractivity contribution in [3.63, 3.8) is 0 Å². The lowest BCUT2D eigenvalue weighted by atomic mass is 10.2. The van der Waals surface area contributed by atoms with Crippen molar-refractivity contribution in [2.45, 2.75) is 32.9 Å². The van der Waals surface area contributed by atoms with E-state index in [1.54, 1.807) is 6.07 Å². The SMILES string of the molecule is CCCCn1nc(C(=O)N2CCN(Cc3ccccc3)CC2)ccc1=O. The number of carbonyl (C=O) groups is 1. The van der Waals surface area contributed by atoms with Gasteiger partial charge in [0, 0.05) is 45.3 Å². The first kappa shape index (κ1) is 18.3. The lowest BCUT2D eigenvalue weighted by Gasteiger charge is -2.34. The Kier molecular flexibility index (Phi) is 6.17. The van der Waals surface area contributed by atoms with E-state index >= 15 is 0 Å². The highest BCUT2D eigenvalue weighted by Crippen LogP contribution is 2.10. The van der Waals surface area contributed by atoms with Gasteiger partial charge in [-0.25, -0.2) is 4.68 Å². The summed E-state index contributed by atoms with van der Waals surface area (Å²) < 4.78 is 1.41. The molecule has 0 atom stereocenters. The molecule has 0 N–H and O–H groups in total. The summed E-state index contributed by atoms with van der Waals surface area (Å²) >= 11 is 0. The van der Waals surface area contributed by atoms with E-state index in [4.69, 9.17) is 0 Å². The van der Waals surface area contributed by atoms with Crippen LogP contribution in [0.4, 0.5) is 0 Å². The molecule has 0 aliphatic carbocycles. The minimum atomic E-state index is -0.150. The molecule has 138 valence electrons. The van der Waals surface area contributed by atoms with Crippen molar-refractivity contribution in [1.82, 2.24) is 19.6 Å². The Balaban J connectivity index is 1.59. The Morgan fingerprint density at radius 3 is 2.46 bits per heavy atom. The monoisotopic (exact) mass is 354 g/mol. The van der Waals surface area contributed by atoms with Gasteiger partial charge in [-0.2, -0.15) is 5.10 Å². The number of hydrogen-bond acceptors (Lipinski definition) is 4. The number of nitrogens with zero attached hydrogens (tertiary/aromatic N) is 4. The van der Waals surface area contributed by atoms with Crippen molar-refractivity contribution in [2.24, 2.45) is 0 Å².